The van der Waals surface area contributed by atoms with Crippen LogP contribution in [0.5, 0.6) is 0 Å². The van der Waals surface area contributed by atoms with E-state index < -0.39 is 16.9 Å². The molecule has 0 aromatic rings. The second-order valence-electron chi connectivity index (χ2n) is 4.26. The molecule has 14 heavy (non-hydrogen) atoms. The van der Waals surface area contributed by atoms with Crippen LogP contribution in [0, 0.1) is 10.8 Å². The molecule has 0 bridgehead atoms. The summed E-state index contributed by atoms with van der Waals surface area (Å²) in [5, 5.41) is 46.4. The van der Waals surface area contributed by atoms with Crippen LogP contribution in [0.2, 0.25) is 0 Å². The Hall–Kier alpha value is -0.200. The second-order valence-corrected chi connectivity index (χ2v) is 4.26. The topological polar surface area (TPSA) is 101 Å². The molecule has 0 unspecified atom stereocenters. The minimum absolute atomic E-state index is 0.341. The highest BCUT2D eigenvalue weighted by atomic mass is 16.3. The van der Waals surface area contributed by atoms with Crippen LogP contribution in [0.4, 0.5) is 0 Å². The average Bonchev–Trinajstić information content (AvgIpc) is 2.53. The minimum atomic E-state index is -1.07. The lowest BCUT2D eigenvalue weighted by Crippen LogP contribution is -2.48. The second kappa shape index (κ2) is 4.12. The number of hydrogen-bond donors (Lipinski definition) is 5. The van der Waals surface area contributed by atoms with E-state index in [-0.39, 0.29) is 26.4 Å². The van der Waals surface area contributed by atoms with Crippen molar-refractivity contribution in [3.63, 3.8) is 0 Å². The molecule has 5 nitrogen and oxygen atoms in total. The third-order valence-electron chi connectivity index (χ3n) is 3.54. The monoisotopic (exact) mass is 206 g/mol. The summed E-state index contributed by atoms with van der Waals surface area (Å²) < 4.78 is 0. The fourth-order valence-corrected chi connectivity index (χ4v) is 2.18. The van der Waals surface area contributed by atoms with E-state index >= 15 is 0 Å². The fourth-order valence-electron chi connectivity index (χ4n) is 2.18. The van der Waals surface area contributed by atoms with E-state index in [0.29, 0.717) is 12.8 Å². The van der Waals surface area contributed by atoms with Crippen molar-refractivity contribution in [2.45, 2.75) is 18.9 Å². The molecule has 1 rings (SSSR count). The molecule has 84 valence electrons. The number of rotatable bonds is 4. The van der Waals surface area contributed by atoms with Crippen LogP contribution in [0.25, 0.3) is 0 Å². The molecule has 1 saturated carbocycles. The third kappa shape index (κ3) is 1.45. The molecule has 0 atom stereocenters. The van der Waals surface area contributed by atoms with Crippen molar-refractivity contribution in [3.8, 4) is 0 Å². The SMILES string of the molecule is OCC1(CO)CCC(CO)(CO)C1O. The van der Waals surface area contributed by atoms with Crippen molar-refractivity contribution in [2.75, 3.05) is 26.4 Å². The fraction of sp³-hybridized carbons (Fsp3) is 1.00. The zero-order chi connectivity index (χ0) is 10.8. The predicted octanol–water partition coefficient (Wildman–Crippen LogP) is -1.92. The van der Waals surface area contributed by atoms with Crippen molar-refractivity contribution >= 4 is 0 Å². The molecule has 0 amide bonds. The van der Waals surface area contributed by atoms with Crippen LogP contribution in [0.15, 0.2) is 0 Å². The van der Waals surface area contributed by atoms with Gasteiger partial charge in [-0.25, -0.2) is 0 Å². The van der Waals surface area contributed by atoms with Crippen molar-refractivity contribution in [1.82, 2.24) is 0 Å². The molecule has 5 heteroatoms. The smallest absolute Gasteiger partial charge is 0.0740 e. The Balaban J connectivity index is 2.90. The summed E-state index contributed by atoms with van der Waals surface area (Å²) >= 11 is 0. The van der Waals surface area contributed by atoms with E-state index in [1.165, 1.54) is 0 Å². The van der Waals surface area contributed by atoms with E-state index in [1.807, 2.05) is 0 Å². The van der Waals surface area contributed by atoms with Gasteiger partial charge in [-0.3, -0.25) is 0 Å². The average molecular weight is 206 g/mol. The summed E-state index contributed by atoms with van der Waals surface area (Å²) in [4.78, 5) is 0. The van der Waals surface area contributed by atoms with Crippen LogP contribution in [-0.2, 0) is 0 Å². The summed E-state index contributed by atoms with van der Waals surface area (Å²) in [7, 11) is 0. The van der Waals surface area contributed by atoms with E-state index in [1.54, 1.807) is 0 Å². The maximum Gasteiger partial charge on any atom is 0.0740 e. The standard InChI is InChI=1S/C9H18O5/c10-3-8(4-11)1-2-9(5-12,6-13)7(8)14/h7,10-14H,1-6H2. The van der Waals surface area contributed by atoms with Gasteiger partial charge >= 0.3 is 0 Å². The third-order valence-corrected chi connectivity index (χ3v) is 3.54. The Labute approximate surface area is 82.6 Å². The van der Waals surface area contributed by atoms with Gasteiger partial charge in [0.2, 0.25) is 0 Å². The normalized spacial score (nSPS) is 25.5. The summed E-state index contributed by atoms with van der Waals surface area (Å²) in [6, 6.07) is 0. The quantitative estimate of drug-likeness (QED) is 0.369. The Bertz CT molecular complexity index is 166. The maximum atomic E-state index is 9.91. The van der Waals surface area contributed by atoms with Crippen LogP contribution in [-0.4, -0.2) is 58.1 Å². The first-order valence-electron chi connectivity index (χ1n) is 4.72. The number of aliphatic hydroxyl groups is 5. The molecule has 0 aromatic carbocycles. The molecule has 1 aliphatic rings. The highest BCUT2D eigenvalue weighted by Gasteiger charge is 2.55. The molecule has 5 N–H and O–H groups in total. The van der Waals surface area contributed by atoms with E-state index in [4.69, 9.17) is 20.4 Å². The summed E-state index contributed by atoms with van der Waals surface area (Å²) in [6.45, 7) is -1.36. The molecule has 0 spiro atoms. The highest BCUT2D eigenvalue weighted by Crippen LogP contribution is 2.48. The Morgan fingerprint density at radius 1 is 0.786 bits per heavy atom. The number of aliphatic hydroxyl groups excluding tert-OH is 5. The van der Waals surface area contributed by atoms with Gasteiger partial charge in [0.15, 0.2) is 0 Å². The molecule has 1 fully saturated rings. The van der Waals surface area contributed by atoms with Crippen LogP contribution in [0.3, 0.4) is 0 Å². The van der Waals surface area contributed by atoms with Gasteiger partial charge in [-0.15, -0.1) is 0 Å². The summed E-state index contributed by atoms with van der Waals surface area (Å²) in [5.74, 6) is 0. The van der Waals surface area contributed by atoms with Crippen LogP contribution < -0.4 is 0 Å². The summed E-state index contributed by atoms with van der Waals surface area (Å²) in [5.41, 5.74) is -1.96. The van der Waals surface area contributed by atoms with Gasteiger partial charge in [-0.2, -0.15) is 0 Å². The molecular formula is C9H18O5. The van der Waals surface area contributed by atoms with Crippen molar-refractivity contribution in [2.24, 2.45) is 10.8 Å². The van der Waals surface area contributed by atoms with Crippen molar-refractivity contribution < 1.29 is 25.5 Å². The predicted molar refractivity (Wildman–Crippen MR) is 48.5 cm³/mol. The highest BCUT2D eigenvalue weighted by molar-refractivity contribution is 5.04. The lowest BCUT2D eigenvalue weighted by molar-refractivity contribution is -0.103. The maximum absolute atomic E-state index is 9.91. The first kappa shape index (κ1) is 11.9. The lowest BCUT2D eigenvalue weighted by Gasteiger charge is -2.35. The molecule has 1 aliphatic carbocycles. The lowest BCUT2D eigenvalue weighted by atomic mass is 9.78. The van der Waals surface area contributed by atoms with Gasteiger partial charge in [-0.05, 0) is 12.8 Å². The first-order chi connectivity index (χ1) is 6.60. The number of hydrogen-bond acceptors (Lipinski definition) is 5. The van der Waals surface area contributed by atoms with Gasteiger partial charge < -0.3 is 25.5 Å². The molecular weight excluding hydrogens is 188 g/mol. The molecule has 0 aromatic heterocycles. The molecule has 0 heterocycles. The Morgan fingerprint density at radius 2 is 1.07 bits per heavy atom. The van der Waals surface area contributed by atoms with Gasteiger partial charge in [0.25, 0.3) is 0 Å². The minimum Gasteiger partial charge on any atom is -0.396 e. The van der Waals surface area contributed by atoms with Gasteiger partial charge in [0.05, 0.1) is 32.5 Å². The largest absolute Gasteiger partial charge is 0.396 e. The van der Waals surface area contributed by atoms with Crippen molar-refractivity contribution in [1.29, 1.82) is 0 Å². The first-order valence-corrected chi connectivity index (χ1v) is 4.72. The van der Waals surface area contributed by atoms with E-state index in [0.717, 1.165) is 0 Å². The molecule has 0 aliphatic heterocycles. The Morgan fingerprint density at radius 3 is 1.21 bits per heavy atom. The van der Waals surface area contributed by atoms with Crippen LogP contribution >= 0.6 is 0 Å². The van der Waals surface area contributed by atoms with Crippen LogP contribution in [0.1, 0.15) is 12.8 Å². The van der Waals surface area contributed by atoms with Crippen molar-refractivity contribution in [3.05, 3.63) is 0 Å². The molecule has 0 radical (unpaired) electrons. The van der Waals surface area contributed by atoms with Gasteiger partial charge in [-0.1, -0.05) is 0 Å². The van der Waals surface area contributed by atoms with E-state index in [2.05, 4.69) is 0 Å². The van der Waals surface area contributed by atoms with Gasteiger partial charge in [0, 0.05) is 10.8 Å². The zero-order valence-corrected chi connectivity index (χ0v) is 8.06. The zero-order valence-electron chi connectivity index (χ0n) is 8.06. The van der Waals surface area contributed by atoms with Gasteiger partial charge in [0.1, 0.15) is 0 Å². The Kier molecular flexibility index (Phi) is 3.49. The van der Waals surface area contributed by atoms with E-state index in [9.17, 15) is 5.11 Å². The molecule has 0 saturated heterocycles. The summed E-state index contributed by atoms with van der Waals surface area (Å²) in [6.07, 6.45) is -0.259.